The average Bonchev–Trinajstić information content (AvgIpc) is 2.94. The Balaban J connectivity index is 1.67. The number of rotatable bonds is 2. The number of hydrogen-bond acceptors (Lipinski definition) is 2. The van der Waals surface area contributed by atoms with E-state index in [2.05, 4.69) is 5.32 Å². The summed E-state index contributed by atoms with van der Waals surface area (Å²) in [7, 11) is 0. The zero-order valence-corrected chi connectivity index (χ0v) is 12.9. The molecule has 1 aliphatic heterocycles. The third-order valence-corrected chi connectivity index (χ3v) is 4.89. The van der Waals surface area contributed by atoms with E-state index in [0.717, 1.165) is 12.5 Å². The Labute approximate surface area is 131 Å². The van der Waals surface area contributed by atoms with Gasteiger partial charge in [-0.15, -0.1) is 11.3 Å². The summed E-state index contributed by atoms with van der Waals surface area (Å²) in [5.74, 6) is -1.27. The molecule has 2 heterocycles. The summed E-state index contributed by atoms with van der Waals surface area (Å²) < 4.78 is 26.7. The molecule has 3 nitrogen and oxygen atoms in total. The summed E-state index contributed by atoms with van der Waals surface area (Å²) in [6, 6.07) is 4.67. The van der Waals surface area contributed by atoms with Gasteiger partial charge in [-0.05, 0) is 36.4 Å². The van der Waals surface area contributed by atoms with Crippen LogP contribution in [-0.4, -0.2) is 17.5 Å². The van der Waals surface area contributed by atoms with Gasteiger partial charge in [0.15, 0.2) is 0 Å². The molecule has 116 valence electrons. The standard InChI is InChI=1S/C16H16F2N2OS/c1-10(13-3-2-12(17)8-14(13)18)19-16(21)20-6-4-15-11(9-20)5-7-22-15/h2-3,5,7-8,10H,4,6,9H2,1H3,(H,19,21). The predicted octanol–water partition coefficient (Wildman–Crippen LogP) is 3.86. The van der Waals surface area contributed by atoms with E-state index in [1.54, 1.807) is 23.2 Å². The second-order valence-electron chi connectivity index (χ2n) is 5.38. The van der Waals surface area contributed by atoms with E-state index in [4.69, 9.17) is 0 Å². The molecular formula is C16H16F2N2OS. The molecule has 22 heavy (non-hydrogen) atoms. The Morgan fingerprint density at radius 1 is 1.36 bits per heavy atom. The van der Waals surface area contributed by atoms with Crippen molar-refractivity contribution in [2.24, 2.45) is 0 Å². The van der Waals surface area contributed by atoms with Gasteiger partial charge >= 0.3 is 6.03 Å². The highest BCUT2D eigenvalue weighted by molar-refractivity contribution is 7.10. The largest absolute Gasteiger partial charge is 0.331 e. The number of nitrogens with one attached hydrogen (secondary N) is 1. The quantitative estimate of drug-likeness (QED) is 0.895. The fourth-order valence-corrected chi connectivity index (χ4v) is 3.52. The Bertz CT molecular complexity index is 701. The van der Waals surface area contributed by atoms with Crippen LogP contribution in [0, 0.1) is 11.6 Å². The van der Waals surface area contributed by atoms with Gasteiger partial charge in [-0.1, -0.05) is 6.07 Å². The summed E-state index contributed by atoms with van der Waals surface area (Å²) >= 11 is 1.71. The van der Waals surface area contributed by atoms with Crippen molar-refractivity contribution in [3.05, 3.63) is 57.3 Å². The van der Waals surface area contributed by atoms with Crippen molar-refractivity contribution in [2.75, 3.05) is 6.54 Å². The molecule has 0 bridgehead atoms. The van der Waals surface area contributed by atoms with Gasteiger partial charge in [0.25, 0.3) is 0 Å². The Morgan fingerprint density at radius 2 is 2.18 bits per heavy atom. The molecule has 0 saturated heterocycles. The molecule has 1 unspecified atom stereocenters. The van der Waals surface area contributed by atoms with Gasteiger partial charge in [-0.25, -0.2) is 13.6 Å². The molecule has 1 aromatic carbocycles. The maximum Gasteiger partial charge on any atom is 0.318 e. The van der Waals surface area contributed by atoms with Crippen LogP contribution in [0.4, 0.5) is 13.6 Å². The Hall–Kier alpha value is -1.95. The molecule has 2 amide bonds. The average molecular weight is 322 g/mol. The Morgan fingerprint density at radius 3 is 2.95 bits per heavy atom. The van der Waals surface area contributed by atoms with Crippen LogP contribution in [-0.2, 0) is 13.0 Å². The highest BCUT2D eigenvalue weighted by Crippen LogP contribution is 2.24. The number of hydrogen-bond donors (Lipinski definition) is 1. The first-order valence-corrected chi connectivity index (χ1v) is 7.98. The normalized spacial score (nSPS) is 15.3. The summed E-state index contributed by atoms with van der Waals surface area (Å²) in [5, 5.41) is 4.81. The predicted molar refractivity (Wildman–Crippen MR) is 81.7 cm³/mol. The minimum atomic E-state index is -0.647. The summed E-state index contributed by atoms with van der Waals surface area (Å²) in [5.41, 5.74) is 1.45. The lowest BCUT2D eigenvalue weighted by Crippen LogP contribution is -2.43. The van der Waals surface area contributed by atoms with Crippen LogP contribution in [0.5, 0.6) is 0 Å². The first-order valence-electron chi connectivity index (χ1n) is 7.10. The lowest BCUT2D eigenvalue weighted by atomic mass is 10.1. The lowest BCUT2D eigenvalue weighted by molar-refractivity contribution is 0.189. The van der Waals surface area contributed by atoms with Crippen LogP contribution >= 0.6 is 11.3 Å². The number of fused-ring (bicyclic) bond motifs is 1. The highest BCUT2D eigenvalue weighted by Gasteiger charge is 2.23. The van der Waals surface area contributed by atoms with Crippen molar-refractivity contribution in [1.29, 1.82) is 0 Å². The monoisotopic (exact) mass is 322 g/mol. The van der Waals surface area contributed by atoms with Crippen molar-refractivity contribution in [3.8, 4) is 0 Å². The van der Waals surface area contributed by atoms with E-state index < -0.39 is 17.7 Å². The number of urea groups is 1. The van der Waals surface area contributed by atoms with Gasteiger partial charge in [-0.2, -0.15) is 0 Å². The van der Waals surface area contributed by atoms with Crippen molar-refractivity contribution < 1.29 is 13.6 Å². The second-order valence-corrected chi connectivity index (χ2v) is 6.38. The van der Waals surface area contributed by atoms with E-state index in [1.807, 2.05) is 11.4 Å². The molecule has 0 aliphatic carbocycles. The van der Waals surface area contributed by atoms with Crippen molar-refractivity contribution in [1.82, 2.24) is 10.2 Å². The van der Waals surface area contributed by atoms with Crippen molar-refractivity contribution >= 4 is 17.4 Å². The van der Waals surface area contributed by atoms with Crippen LogP contribution in [0.25, 0.3) is 0 Å². The molecule has 2 aromatic rings. The van der Waals surface area contributed by atoms with E-state index in [0.29, 0.717) is 13.1 Å². The molecule has 1 aliphatic rings. The molecule has 3 rings (SSSR count). The number of benzene rings is 1. The van der Waals surface area contributed by atoms with E-state index in [-0.39, 0.29) is 11.6 Å². The fraction of sp³-hybridized carbons (Fsp3) is 0.312. The SMILES string of the molecule is CC(NC(=O)N1CCc2sccc2C1)c1ccc(F)cc1F. The van der Waals surface area contributed by atoms with E-state index >= 15 is 0 Å². The van der Waals surface area contributed by atoms with Crippen LogP contribution in [0.15, 0.2) is 29.6 Å². The van der Waals surface area contributed by atoms with Gasteiger partial charge in [0, 0.05) is 29.6 Å². The molecule has 1 atom stereocenters. The van der Waals surface area contributed by atoms with E-state index in [9.17, 15) is 13.6 Å². The fourth-order valence-electron chi connectivity index (χ4n) is 2.63. The molecule has 0 radical (unpaired) electrons. The van der Waals surface area contributed by atoms with Crippen LogP contribution < -0.4 is 5.32 Å². The molecule has 6 heteroatoms. The van der Waals surface area contributed by atoms with Gasteiger partial charge in [0.1, 0.15) is 11.6 Å². The van der Waals surface area contributed by atoms with Crippen molar-refractivity contribution in [2.45, 2.75) is 25.9 Å². The topological polar surface area (TPSA) is 32.3 Å². The zero-order valence-electron chi connectivity index (χ0n) is 12.1. The second kappa shape index (κ2) is 6.04. The molecule has 0 fully saturated rings. The lowest BCUT2D eigenvalue weighted by Gasteiger charge is -2.28. The maximum atomic E-state index is 13.7. The molecule has 0 spiro atoms. The third kappa shape index (κ3) is 2.97. The molecular weight excluding hydrogens is 306 g/mol. The third-order valence-electron chi connectivity index (χ3n) is 3.86. The first-order chi connectivity index (χ1) is 10.5. The van der Waals surface area contributed by atoms with Crippen LogP contribution in [0.3, 0.4) is 0 Å². The summed E-state index contributed by atoms with van der Waals surface area (Å²) in [4.78, 5) is 15.3. The van der Waals surface area contributed by atoms with E-state index in [1.165, 1.54) is 22.6 Å². The van der Waals surface area contributed by atoms with Crippen molar-refractivity contribution in [3.63, 3.8) is 0 Å². The molecule has 0 saturated carbocycles. The number of amides is 2. The van der Waals surface area contributed by atoms with Gasteiger partial charge < -0.3 is 10.2 Å². The van der Waals surface area contributed by atoms with Crippen LogP contribution in [0.2, 0.25) is 0 Å². The number of nitrogens with zero attached hydrogens (tertiary/aromatic N) is 1. The molecule has 1 aromatic heterocycles. The number of carbonyl (C=O) groups excluding carboxylic acids is 1. The zero-order chi connectivity index (χ0) is 15.7. The summed E-state index contributed by atoms with van der Waals surface area (Å²) in [6.07, 6.45) is 0.847. The van der Waals surface area contributed by atoms with Gasteiger partial charge in [-0.3, -0.25) is 0 Å². The Kier molecular flexibility index (Phi) is 4.11. The first kappa shape index (κ1) is 15.0. The number of carbonyl (C=O) groups is 1. The minimum absolute atomic E-state index is 0.229. The maximum absolute atomic E-state index is 13.7. The van der Waals surface area contributed by atoms with Gasteiger partial charge in [0.05, 0.1) is 6.04 Å². The molecule has 1 N–H and O–H groups in total. The van der Waals surface area contributed by atoms with Gasteiger partial charge in [0.2, 0.25) is 0 Å². The number of halogens is 2. The van der Waals surface area contributed by atoms with Crippen LogP contribution in [0.1, 0.15) is 29.0 Å². The number of thiophene rings is 1. The smallest absolute Gasteiger partial charge is 0.318 e. The summed E-state index contributed by atoms with van der Waals surface area (Å²) in [6.45, 7) is 2.91. The highest BCUT2D eigenvalue weighted by atomic mass is 32.1. The minimum Gasteiger partial charge on any atom is -0.331 e.